The summed E-state index contributed by atoms with van der Waals surface area (Å²) in [5.41, 5.74) is 0. The summed E-state index contributed by atoms with van der Waals surface area (Å²) in [6.07, 6.45) is 13.9. The first-order valence-corrected chi connectivity index (χ1v) is 7.95. The minimum atomic E-state index is -0.893. The van der Waals surface area contributed by atoms with E-state index in [-0.39, 0.29) is 18.6 Å². The van der Waals surface area contributed by atoms with Crippen molar-refractivity contribution in [1.82, 2.24) is 0 Å². The Morgan fingerprint density at radius 2 is 1.83 bits per heavy atom. The first-order chi connectivity index (χ1) is 11.6. The van der Waals surface area contributed by atoms with E-state index in [0.29, 0.717) is 6.42 Å². The van der Waals surface area contributed by atoms with E-state index in [1.54, 1.807) is 6.08 Å². The van der Waals surface area contributed by atoms with E-state index in [1.165, 1.54) is 6.92 Å². The Labute approximate surface area is 144 Å². The van der Waals surface area contributed by atoms with Crippen molar-refractivity contribution in [3.63, 3.8) is 0 Å². The molecule has 4 nitrogen and oxygen atoms in total. The lowest BCUT2D eigenvalue weighted by atomic mass is 10.2. The molecular formula is C20H24O4. The molecule has 0 amide bonds. The topological polar surface area (TPSA) is 63.6 Å². The van der Waals surface area contributed by atoms with E-state index in [1.807, 2.05) is 0 Å². The summed E-state index contributed by atoms with van der Waals surface area (Å²) in [4.78, 5) is 21.4. The molecule has 0 unspecified atom stereocenters. The maximum Gasteiger partial charge on any atom is 0.308 e. The first kappa shape index (κ1) is 21.3. The lowest BCUT2D eigenvalue weighted by molar-refractivity contribution is -0.137. The molecule has 0 radical (unpaired) electrons. The molecule has 0 saturated heterocycles. The first-order valence-electron chi connectivity index (χ1n) is 7.95. The number of rotatable bonds is 9. The van der Waals surface area contributed by atoms with Gasteiger partial charge in [0.2, 0.25) is 0 Å². The quantitative estimate of drug-likeness (QED) is 0.228. The molecular weight excluding hydrogens is 304 g/mol. The van der Waals surface area contributed by atoms with Crippen LogP contribution in [0.3, 0.4) is 0 Å². The van der Waals surface area contributed by atoms with Crippen LogP contribution in [0.2, 0.25) is 0 Å². The Morgan fingerprint density at radius 1 is 1.08 bits per heavy atom. The number of ether oxygens (including phenoxy) is 1. The number of carbonyl (C=O) groups excluding carboxylic acids is 1. The normalized spacial score (nSPS) is 10.8. The lowest BCUT2D eigenvalue weighted by Crippen LogP contribution is -1.97. The number of hydrogen-bond donors (Lipinski definition) is 1. The highest BCUT2D eigenvalue weighted by Crippen LogP contribution is 2.02. The number of carbonyl (C=O) groups is 2. The molecule has 128 valence electrons. The Kier molecular flexibility index (Phi) is 13.5. The van der Waals surface area contributed by atoms with Gasteiger partial charge in [-0.25, -0.2) is 0 Å². The smallest absolute Gasteiger partial charge is 0.308 e. The van der Waals surface area contributed by atoms with Crippen molar-refractivity contribution >= 4 is 11.9 Å². The summed E-state index contributed by atoms with van der Waals surface area (Å²) in [5.74, 6) is 9.36. The minimum absolute atomic E-state index is 0.0128. The Balaban J connectivity index is 4.42. The van der Waals surface area contributed by atoms with E-state index < -0.39 is 11.9 Å². The molecule has 0 aliphatic rings. The van der Waals surface area contributed by atoms with Gasteiger partial charge in [0.05, 0.1) is 6.42 Å². The van der Waals surface area contributed by atoms with Gasteiger partial charge in [-0.15, -0.1) is 0 Å². The second kappa shape index (κ2) is 15.2. The number of carboxylic acids is 1. The highest BCUT2D eigenvalue weighted by Gasteiger charge is 1.97. The van der Waals surface area contributed by atoms with Gasteiger partial charge in [0.25, 0.3) is 0 Å². The third-order valence-corrected chi connectivity index (χ3v) is 2.56. The summed E-state index contributed by atoms with van der Waals surface area (Å²) in [7, 11) is 0. The van der Waals surface area contributed by atoms with Gasteiger partial charge < -0.3 is 9.84 Å². The molecule has 0 aromatic rings. The van der Waals surface area contributed by atoms with Gasteiger partial charge in [-0.2, -0.15) is 0 Å². The van der Waals surface area contributed by atoms with Gasteiger partial charge in [-0.05, 0) is 49.5 Å². The summed E-state index contributed by atoms with van der Waals surface area (Å²) in [6.45, 7) is 3.41. The van der Waals surface area contributed by atoms with Gasteiger partial charge in [0, 0.05) is 13.3 Å². The molecule has 0 rings (SSSR count). The summed E-state index contributed by atoms with van der Waals surface area (Å²) in [5, 5.41) is 8.48. The number of carboxylic acid groups (broad SMARTS) is 1. The van der Waals surface area contributed by atoms with E-state index in [9.17, 15) is 9.59 Å². The monoisotopic (exact) mass is 328 g/mol. The molecule has 0 heterocycles. The fraction of sp³-hybridized carbons (Fsp3) is 0.400. The lowest BCUT2D eigenvalue weighted by Gasteiger charge is -1.98. The third kappa shape index (κ3) is 15.7. The van der Waals surface area contributed by atoms with Crippen molar-refractivity contribution < 1.29 is 19.4 Å². The third-order valence-electron chi connectivity index (χ3n) is 2.56. The van der Waals surface area contributed by atoms with Gasteiger partial charge in [0.1, 0.15) is 0 Å². The second-order valence-corrected chi connectivity index (χ2v) is 4.77. The zero-order chi connectivity index (χ0) is 18.0. The fourth-order valence-corrected chi connectivity index (χ4v) is 1.51. The molecule has 0 spiro atoms. The second-order valence-electron chi connectivity index (χ2n) is 4.77. The molecule has 0 aromatic heterocycles. The largest absolute Gasteiger partial charge is 0.481 e. The Hall–Kier alpha value is -2.72. The maximum absolute atomic E-state index is 11.0. The highest BCUT2D eigenvalue weighted by molar-refractivity contribution is 5.68. The van der Waals surface area contributed by atoms with Crippen molar-refractivity contribution in [3.8, 4) is 23.7 Å². The summed E-state index contributed by atoms with van der Waals surface area (Å²) < 4.78 is 5.01. The SMILES string of the molecule is CC/C=C\C/C=C\CC/C=C(/C#CC#CCCC(=O)O)OC(C)=O. The summed E-state index contributed by atoms with van der Waals surface area (Å²) in [6, 6.07) is 0. The molecule has 1 N–H and O–H groups in total. The predicted octanol–water partition coefficient (Wildman–Crippen LogP) is 4.00. The van der Waals surface area contributed by atoms with Gasteiger partial charge in [-0.3, -0.25) is 9.59 Å². The highest BCUT2D eigenvalue weighted by atomic mass is 16.5. The standard InChI is InChI=1S/C20H24O4/c1-3-4-5-6-7-8-9-12-15-19(24-18(2)21)16-13-10-11-14-17-20(22)23/h4-5,7-8,15H,3,6,9,12,14,17H2,1-2H3,(H,22,23)/b5-4-,8-7-,19-15-. The van der Waals surface area contributed by atoms with E-state index >= 15 is 0 Å². The average molecular weight is 328 g/mol. The predicted molar refractivity (Wildman–Crippen MR) is 94.7 cm³/mol. The van der Waals surface area contributed by atoms with Crippen LogP contribution in [0, 0.1) is 23.7 Å². The number of unbranched alkanes of at least 4 members (excludes halogenated alkanes) is 1. The van der Waals surface area contributed by atoms with Crippen molar-refractivity contribution in [2.45, 2.75) is 52.4 Å². The van der Waals surface area contributed by atoms with Crippen LogP contribution in [0.25, 0.3) is 0 Å². The van der Waals surface area contributed by atoms with Gasteiger partial charge in [0.15, 0.2) is 5.76 Å². The maximum atomic E-state index is 11.0. The number of aliphatic carboxylic acids is 1. The zero-order valence-corrected chi connectivity index (χ0v) is 14.3. The van der Waals surface area contributed by atoms with Crippen molar-refractivity contribution in [2.75, 3.05) is 0 Å². The van der Waals surface area contributed by atoms with Crippen molar-refractivity contribution in [3.05, 3.63) is 36.1 Å². The molecule has 24 heavy (non-hydrogen) atoms. The van der Waals surface area contributed by atoms with Crippen LogP contribution >= 0.6 is 0 Å². The van der Waals surface area contributed by atoms with E-state index in [0.717, 1.165) is 19.3 Å². The number of hydrogen-bond acceptors (Lipinski definition) is 3. The Morgan fingerprint density at radius 3 is 2.50 bits per heavy atom. The van der Waals surface area contributed by atoms with Crippen molar-refractivity contribution in [1.29, 1.82) is 0 Å². The van der Waals surface area contributed by atoms with Gasteiger partial charge >= 0.3 is 11.9 Å². The van der Waals surface area contributed by atoms with Crippen molar-refractivity contribution in [2.24, 2.45) is 0 Å². The van der Waals surface area contributed by atoms with Crippen LogP contribution in [0.15, 0.2) is 36.1 Å². The van der Waals surface area contributed by atoms with Gasteiger partial charge in [-0.1, -0.05) is 37.1 Å². The molecule has 0 aromatic carbocycles. The van der Waals surface area contributed by atoms with Crippen LogP contribution in [0.4, 0.5) is 0 Å². The molecule has 0 bridgehead atoms. The van der Waals surface area contributed by atoms with Crippen LogP contribution in [-0.2, 0) is 14.3 Å². The van der Waals surface area contributed by atoms with E-state index in [4.69, 9.17) is 9.84 Å². The molecule has 0 saturated carbocycles. The number of allylic oxidation sites excluding steroid dienone is 6. The Bertz CT molecular complexity index is 601. The summed E-state index contributed by atoms with van der Waals surface area (Å²) >= 11 is 0. The molecule has 4 heteroatoms. The zero-order valence-electron chi connectivity index (χ0n) is 14.3. The number of esters is 1. The van der Waals surface area contributed by atoms with Crippen LogP contribution in [0.1, 0.15) is 52.4 Å². The molecule has 0 fully saturated rings. The van der Waals surface area contributed by atoms with E-state index in [2.05, 4.69) is 54.9 Å². The minimum Gasteiger partial charge on any atom is -0.481 e. The molecule has 0 atom stereocenters. The van der Waals surface area contributed by atoms with Crippen LogP contribution < -0.4 is 0 Å². The molecule has 0 aliphatic heterocycles. The average Bonchev–Trinajstić information content (AvgIpc) is 2.52. The van der Waals surface area contributed by atoms with Crippen LogP contribution in [0.5, 0.6) is 0 Å². The molecule has 0 aliphatic carbocycles. The van der Waals surface area contributed by atoms with Crippen LogP contribution in [-0.4, -0.2) is 17.0 Å². The fourth-order valence-electron chi connectivity index (χ4n) is 1.51.